The van der Waals surface area contributed by atoms with E-state index in [4.69, 9.17) is 0 Å². The minimum absolute atomic E-state index is 0. The summed E-state index contributed by atoms with van der Waals surface area (Å²) in [5.74, 6) is 0.817. The van der Waals surface area contributed by atoms with Crippen LogP contribution in [0.15, 0.2) is 18.3 Å². The smallest absolute Gasteiger partial charge is 0.228 e. The maximum atomic E-state index is 12.2. The average Bonchev–Trinajstić information content (AvgIpc) is 3.34. The van der Waals surface area contributed by atoms with Gasteiger partial charge in [-0.25, -0.2) is 4.98 Å². The maximum absolute atomic E-state index is 12.2. The van der Waals surface area contributed by atoms with Crippen LogP contribution in [-0.2, 0) is 9.59 Å². The average molecular weight is 375 g/mol. The molecule has 2 atom stereocenters. The molecule has 0 spiro atoms. The van der Waals surface area contributed by atoms with Crippen molar-refractivity contribution in [3.05, 3.63) is 18.3 Å². The fourth-order valence-electron chi connectivity index (χ4n) is 2.73. The molecule has 6 nitrogen and oxygen atoms in total. The van der Waals surface area contributed by atoms with Crippen molar-refractivity contribution in [2.24, 2.45) is 11.8 Å². The summed E-state index contributed by atoms with van der Waals surface area (Å²) in [7, 11) is 0. The molecule has 8 heteroatoms. The van der Waals surface area contributed by atoms with Crippen LogP contribution in [0.25, 0.3) is 0 Å². The summed E-state index contributed by atoms with van der Waals surface area (Å²) in [5, 5.41) is 9.03. The fraction of sp³-hybridized carbons (Fsp3) is 0.562. The predicted molar refractivity (Wildman–Crippen MR) is 98.9 cm³/mol. The van der Waals surface area contributed by atoms with Gasteiger partial charge in [0, 0.05) is 17.9 Å². The summed E-state index contributed by atoms with van der Waals surface area (Å²) in [6, 6.07) is 3.88. The van der Waals surface area contributed by atoms with E-state index in [2.05, 4.69) is 27.9 Å². The number of nitrogens with zero attached hydrogens (tertiary/aromatic N) is 1. The molecule has 3 N–H and O–H groups in total. The topological polar surface area (TPSA) is 83.1 Å². The summed E-state index contributed by atoms with van der Waals surface area (Å²) in [6.45, 7) is 2.97. The van der Waals surface area contributed by atoms with E-state index in [0.717, 1.165) is 32.2 Å². The lowest BCUT2D eigenvalue weighted by Crippen LogP contribution is -2.40. The van der Waals surface area contributed by atoms with Crippen molar-refractivity contribution in [3.63, 3.8) is 0 Å². The second-order valence-electron chi connectivity index (χ2n) is 6.26. The number of hydrogen-bond donors (Lipinski definition) is 3. The molecule has 0 bridgehead atoms. The number of aromatic nitrogens is 1. The second-order valence-corrected chi connectivity index (χ2v) is 6.26. The van der Waals surface area contributed by atoms with Crippen molar-refractivity contribution >= 4 is 48.1 Å². The number of rotatable bonds is 4. The summed E-state index contributed by atoms with van der Waals surface area (Å²) in [6.07, 6.45) is 5.24. The van der Waals surface area contributed by atoms with Crippen molar-refractivity contribution in [2.75, 3.05) is 17.2 Å². The Hall–Kier alpha value is -1.37. The van der Waals surface area contributed by atoms with Gasteiger partial charge in [-0.3, -0.25) is 9.59 Å². The highest BCUT2D eigenvalue weighted by molar-refractivity contribution is 5.94. The van der Waals surface area contributed by atoms with Crippen LogP contribution in [0, 0.1) is 11.8 Å². The van der Waals surface area contributed by atoms with Crippen LogP contribution >= 0.6 is 24.8 Å². The molecular weight excluding hydrogens is 351 g/mol. The number of nitrogens with one attached hydrogen (secondary N) is 3. The lowest BCUT2D eigenvalue weighted by atomic mass is 9.92. The van der Waals surface area contributed by atoms with E-state index in [0.29, 0.717) is 17.5 Å². The highest BCUT2D eigenvalue weighted by Crippen LogP contribution is 2.30. The summed E-state index contributed by atoms with van der Waals surface area (Å²) in [5.41, 5.74) is 0.667. The zero-order valence-electron chi connectivity index (χ0n) is 13.6. The molecule has 1 aliphatic carbocycles. The SMILES string of the molecule is C[C@H]1C[C@@H](C(=O)Nc2ccc(NC(=O)C3CC3)nc2)CCN1.Cl.Cl. The van der Waals surface area contributed by atoms with E-state index in [-0.39, 0.29) is 48.5 Å². The van der Waals surface area contributed by atoms with Gasteiger partial charge in [0.2, 0.25) is 11.8 Å². The van der Waals surface area contributed by atoms with Crippen molar-refractivity contribution in [3.8, 4) is 0 Å². The molecule has 3 rings (SSSR count). The lowest BCUT2D eigenvalue weighted by Gasteiger charge is -2.27. The summed E-state index contributed by atoms with van der Waals surface area (Å²) in [4.78, 5) is 28.1. The first-order valence-corrected chi connectivity index (χ1v) is 7.93. The van der Waals surface area contributed by atoms with Gasteiger partial charge < -0.3 is 16.0 Å². The van der Waals surface area contributed by atoms with Gasteiger partial charge in [-0.05, 0) is 51.3 Å². The molecule has 2 heterocycles. The highest BCUT2D eigenvalue weighted by Gasteiger charge is 2.29. The van der Waals surface area contributed by atoms with Gasteiger partial charge in [0.25, 0.3) is 0 Å². The molecule has 1 saturated heterocycles. The third-order valence-corrected chi connectivity index (χ3v) is 4.22. The van der Waals surface area contributed by atoms with Gasteiger partial charge in [0.1, 0.15) is 5.82 Å². The van der Waals surface area contributed by atoms with E-state index in [1.807, 2.05) is 0 Å². The minimum atomic E-state index is 0. The van der Waals surface area contributed by atoms with E-state index < -0.39 is 0 Å². The molecule has 2 amide bonds. The Morgan fingerprint density at radius 2 is 1.79 bits per heavy atom. The Morgan fingerprint density at radius 1 is 1.08 bits per heavy atom. The molecule has 0 unspecified atom stereocenters. The number of amides is 2. The lowest BCUT2D eigenvalue weighted by molar-refractivity contribution is -0.121. The van der Waals surface area contributed by atoms with Crippen LogP contribution in [0.1, 0.15) is 32.6 Å². The monoisotopic (exact) mass is 374 g/mol. The van der Waals surface area contributed by atoms with Crippen molar-refractivity contribution in [1.82, 2.24) is 10.3 Å². The molecule has 0 aromatic carbocycles. The number of halogens is 2. The van der Waals surface area contributed by atoms with Crippen LogP contribution in [0.2, 0.25) is 0 Å². The Balaban J connectivity index is 0.00000144. The van der Waals surface area contributed by atoms with E-state index in [9.17, 15) is 9.59 Å². The molecule has 2 aliphatic rings. The van der Waals surface area contributed by atoms with Gasteiger partial charge in [-0.15, -0.1) is 24.8 Å². The molecular formula is C16H24Cl2N4O2. The third kappa shape index (κ3) is 5.61. The van der Waals surface area contributed by atoms with Crippen LogP contribution in [0.5, 0.6) is 0 Å². The molecule has 1 aromatic rings. The number of carbonyl (C=O) groups is 2. The standard InChI is InChI=1S/C16H22N4O2.2ClH/c1-10-8-12(6-7-17-10)16(22)19-13-4-5-14(18-9-13)20-15(21)11-2-3-11;;/h4-5,9-12,17H,2-3,6-8H2,1H3,(H,19,22)(H,18,20,21);2*1H/t10-,12-;;/m0../s1. The Kier molecular flexibility index (Phi) is 7.93. The van der Waals surface area contributed by atoms with Gasteiger partial charge in [-0.1, -0.05) is 0 Å². The second kappa shape index (κ2) is 9.20. The number of anilines is 2. The van der Waals surface area contributed by atoms with Gasteiger partial charge in [-0.2, -0.15) is 0 Å². The Labute approximate surface area is 154 Å². The first-order valence-electron chi connectivity index (χ1n) is 7.93. The molecule has 1 aliphatic heterocycles. The van der Waals surface area contributed by atoms with Crippen molar-refractivity contribution in [2.45, 2.75) is 38.6 Å². The number of hydrogen-bond acceptors (Lipinski definition) is 4. The zero-order valence-corrected chi connectivity index (χ0v) is 15.2. The van der Waals surface area contributed by atoms with E-state index in [1.54, 1.807) is 18.3 Å². The predicted octanol–water partition coefficient (Wildman–Crippen LogP) is 2.60. The normalized spacial score (nSPS) is 22.5. The van der Waals surface area contributed by atoms with Crippen LogP contribution in [-0.4, -0.2) is 29.4 Å². The number of piperidine rings is 1. The van der Waals surface area contributed by atoms with Crippen LogP contribution in [0.4, 0.5) is 11.5 Å². The van der Waals surface area contributed by atoms with Crippen LogP contribution < -0.4 is 16.0 Å². The minimum Gasteiger partial charge on any atom is -0.324 e. The first kappa shape index (κ1) is 20.7. The summed E-state index contributed by atoms with van der Waals surface area (Å²) < 4.78 is 0. The molecule has 1 saturated carbocycles. The van der Waals surface area contributed by atoms with Gasteiger partial charge in [0.05, 0.1) is 11.9 Å². The molecule has 1 aromatic heterocycles. The fourth-order valence-corrected chi connectivity index (χ4v) is 2.73. The number of carbonyl (C=O) groups excluding carboxylic acids is 2. The van der Waals surface area contributed by atoms with Crippen molar-refractivity contribution < 1.29 is 9.59 Å². The quantitative estimate of drug-likeness (QED) is 0.756. The molecule has 134 valence electrons. The van der Waals surface area contributed by atoms with E-state index >= 15 is 0 Å². The van der Waals surface area contributed by atoms with Gasteiger partial charge >= 0.3 is 0 Å². The van der Waals surface area contributed by atoms with Gasteiger partial charge in [0.15, 0.2) is 0 Å². The molecule has 2 fully saturated rings. The summed E-state index contributed by atoms with van der Waals surface area (Å²) >= 11 is 0. The third-order valence-electron chi connectivity index (χ3n) is 4.22. The molecule has 24 heavy (non-hydrogen) atoms. The van der Waals surface area contributed by atoms with Crippen molar-refractivity contribution in [1.29, 1.82) is 0 Å². The maximum Gasteiger partial charge on any atom is 0.228 e. The number of pyridine rings is 1. The van der Waals surface area contributed by atoms with E-state index in [1.165, 1.54) is 0 Å². The van der Waals surface area contributed by atoms with Crippen LogP contribution in [0.3, 0.4) is 0 Å². The Morgan fingerprint density at radius 3 is 2.38 bits per heavy atom. The molecule has 0 radical (unpaired) electrons. The Bertz CT molecular complexity index is 564. The highest BCUT2D eigenvalue weighted by atomic mass is 35.5. The zero-order chi connectivity index (χ0) is 15.5. The first-order chi connectivity index (χ1) is 10.6. The largest absolute Gasteiger partial charge is 0.324 e.